The Morgan fingerprint density at radius 1 is 1.57 bits per heavy atom. The lowest BCUT2D eigenvalue weighted by Crippen LogP contribution is -2.47. The second-order valence-corrected chi connectivity index (χ2v) is 4.58. The smallest absolute Gasteiger partial charge is 0.0535 e. The van der Waals surface area contributed by atoms with Crippen molar-refractivity contribution in [2.75, 3.05) is 0 Å². The fourth-order valence-corrected chi connectivity index (χ4v) is 2.09. The van der Waals surface area contributed by atoms with Crippen LogP contribution in [0.3, 0.4) is 0 Å². The van der Waals surface area contributed by atoms with Crippen LogP contribution in [-0.2, 0) is 6.54 Å². The summed E-state index contributed by atoms with van der Waals surface area (Å²) in [6, 6.07) is 0.708. The van der Waals surface area contributed by atoms with Gasteiger partial charge in [0.1, 0.15) is 0 Å². The molecule has 0 bridgehead atoms. The fourth-order valence-electron chi connectivity index (χ4n) is 2.09. The van der Waals surface area contributed by atoms with Gasteiger partial charge in [-0.3, -0.25) is 5.10 Å². The molecule has 0 amide bonds. The van der Waals surface area contributed by atoms with Crippen LogP contribution in [0.2, 0.25) is 0 Å². The van der Waals surface area contributed by atoms with Crippen LogP contribution in [0.15, 0.2) is 6.20 Å². The molecule has 0 radical (unpaired) electrons. The normalized spacial score (nSPS) is 31.5. The van der Waals surface area contributed by atoms with Crippen molar-refractivity contribution in [2.45, 2.75) is 39.8 Å². The third-order valence-corrected chi connectivity index (χ3v) is 3.65. The highest BCUT2D eigenvalue weighted by atomic mass is 15.1. The molecule has 2 N–H and O–H groups in total. The molecular formula is C11H19N3. The molecule has 0 aliphatic heterocycles. The van der Waals surface area contributed by atoms with E-state index in [4.69, 9.17) is 0 Å². The van der Waals surface area contributed by atoms with Crippen LogP contribution in [0.4, 0.5) is 0 Å². The Bertz CT molecular complexity index is 305. The Balaban J connectivity index is 1.81. The summed E-state index contributed by atoms with van der Waals surface area (Å²) in [4.78, 5) is 0. The Morgan fingerprint density at radius 3 is 2.86 bits per heavy atom. The third kappa shape index (κ3) is 1.69. The molecule has 0 saturated heterocycles. The van der Waals surface area contributed by atoms with Crippen molar-refractivity contribution in [3.63, 3.8) is 0 Å². The number of H-pyrrole nitrogens is 1. The van der Waals surface area contributed by atoms with Gasteiger partial charge in [-0.2, -0.15) is 5.10 Å². The Morgan fingerprint density at radius 2 is 2.36 bits per heavy atom. The second kappa shape index (κ2) is 3.73. The van der Waals surface area contributed by atoms with Gasteiger partial charge in [-0.1, -0.05) is 13.8 Å². The molecule has 78 valence electrons. The first kappa shape index (κ1) is 9.71. The maximum atomic E-state index is 4.01. The second-order valence-electron chi connectivity index (χ2n) is 4.58. The monoisotopic (exact) mass is 193 g/mol. The Kier molecular flexibility index (Phi) is 2.59. The molecule has 1 fully saturated rings. The number of nitrogens with one attached hydrogen (secondary N) is 2. The molecule has 1 aliphatic rings. The fraction of sp³-hybridized carbons (Fsp3) is 0.727. The largest absolute Gasteiger partial charge is 0.310 e. The van der Waals surface area contributed by atoms with Crippen molar-refractivity contribution in [2.24, 2.45) is 11.8 Å². The van der Waals surface area contributed by atoms with Gasteiger partial charge < -0.3 is 5.32 Å². The molecule has 1 saturated carbocycles. The van der Waals surface area contributed by atoms with Crippen molar-refractivity contribution < 1.29 is 0 Å². The van der Waals surface area contributed by atoms with Crippen LogP contribution in [0, 0.1) is 18.8 Å². The van der Waals surface area contributed by atoms with E-state index in [9.17, 15) is 0 Å². The van der Waals surface area contributed by atoms with Gasteiger partial charge in [0.05, 0.1) is 6.20 Å². The van der Waals surface area contributed by atoms with E-state index in [2.05, 4.69) is 36.3 Å². The first-order valence-electron chi connectivity index (χ1n) is 5.40. The van der Waals surface area contributed by atoms with Gasteiger partial charge in [-0.05, 0) is 25.2 Å². The van der Waals surface area contributed by atoms with Gasteiger partial charge in [-0.15, -0.1) is 0 Å². The molecular weight excluding hydrogens is 174 g/mol. The number of aryl methyl sites for hydroxylation is 1. The van der Waals surface area contributed by atoms with Crippen LogP contribution in [0.1, 0.15) is 31.5 Å². The van der Waals surface area contributed by atoms with Crippen molar-refractivity contribution >= 4 is 0 Å². The summed E-state index contributed by atoms with van der Waals surface area (Å²) in [7, 11) is 0. The molecule has 3 atom stereocenters. The third-order valence-electron chi connectivity index (χ3n) is 3.65. The van der Waals surface area contributed by atoms with E-state index in [1.165, 1.54) is 17.7 Å². The average molecular weight is 193 g/mol. The van der Waals surface area contributed by atoms with E-state index in [0.29, 0.717) is 6.04 Å². The van der Waals surface area contributed by atoms with E-state index in [1.807, 2.05) is 6.20 Å². The maximum Gasteiger partial charge on any atom is 0.0535 e. The molecule has 1 aliphatic carbocycles. The minimum absolute atomic E-state index is 0.708. The van der Waals surface area contributed by atoms with Crippen LogP contribution in [0.25, 0.3) is 0 Å². The predicted octanol–water partition coefficient (Wildman–Crippen LogP) is 1.85. The van der Waals surface area contributed by atoms with E-state index < -0.39 is 0 Å². The van der Waals surface area contributed by atoms with Gasteiger partial charge >= 0.3 is 0 Å². The SMILES string of the molecule is Cc1[nH]ncc1CNC1CC(C)C1C. The van der Waals surface area contributed by atoms with Crippen molar-refractivity contribution in [3.8, 4) is 0 Å². The summed E-state index contributed by atoms with van der Waals surface area (Å²) < 4.78 is 0. The highest BCUT2D eigenvalue weighted by Gasteiger charge is 2.33. The number of aromatic nitrogens is 2. The molecule has 0 aromatic carbocycles. The molecule has 3 heteroatoms. The van der Waals surface area contributed by atoms with Gasteiger partial charge in [-0.25, -0.2) is 0 Å². The number of aromatic amines is 1. The first-order chi connectivity index (χ1) is 6.68. The van der Waals surface area contributed by atoms with Gasteiger partial charge in [0.2, 0.25) is 0 Å². The highest BCUT2D eigenvalue weighted by molar-refractivity contribution is 5.14. The number of hydrogen-bond donors (Lipinski definition) is 2. The van der Waals surface area contributed by atoms with E-state index in [0.717, 1.165) is 18.4 Å². The minimum atomic E-state index is 0.708. The molecule has 2 rings (SSSR count). The van der Waals surface area contributed by atoms with Crippen LogP contribution in [-0.4, -0.2) is 16.2 Å². The van der Waals surface area contributed by atoms with Gasteiger partial charge in [0.25, 0.3) is 0 Å². The highest BCUT2D eigenvalue weighted by Crippen LogP contribution is 2.33. The molecule has 3 nitrogen and oxygen atoms in total. The standard InChI is InChI=1S/C11H19N3/c1-7-4-11(8(7)2)12-5-10-6-13-14-9(10)3/h6-8,11-12H,4-5H2,1-3H3,(H,13,14). The average Bonchev–Trinajstić information content (AvgIpc) is 2.58. The zero-order valence-electron chi connectivity index (χ0n) is 9.17. The lowest BCUT2D eigenvalue weighted by atomic mass is 9.71. The molecule has 1 aromatic rings. The summed E-state index contributed by atoms with van der Waals surface area (Å²) in [5, 5.41) is 10.6. The summed E-state index contributed by atoms with van der Waals surface area (Å²) in [5.74, 6) is 1.71. The topological polar surface area (TPSA) is 40.7 Å². The summed E-state index contributed by atoms with van der Waals surface area (Å²) in [6.07, 6.45) is 3.23. The molecule has 1 aromatic heterocycles. The molecule has 1 heterocycles. The zero-order chi connectivity index (χ0) is 10.1. The molecule has 0 spiro atoms. The Hall–Kier alpha value is -0.830. The number of nitrogens with zero attached hydrogens (tertiary/aromatic N) is 1. The lowest BCUT2D eigenvalue weighted by molar-refractivity contribution is 0.136. The zero-order valence-corrected chi connectivity index (χ0v) is 9.17. The quantitative estimate of drug-likeness (QED) is 0.769. The van der Waals surface area contributed by atoms with Gasteiger partial charge in [0.15, 0.2) is 0 Å². The van der Waals surface area contributed by atoms with Crippen LogP contribution < -0.4 is 5.32 Å². The first-order valence-corrected chi connectivity index (χ1v) is 5.40. The number of hydrogen-bond acceptors (Lipinski definition) is 2. The van der Waals surface area contributed by atoms with Crippen LogP contribution in [0.5, 0.6) is 0 Å². The number of rotatable bonds is 3. The lowest BCUT2D eigenvalue weighted by Gasteiger charge is -2.41. The summed E-state index contributed by atoms with van der Waals surface area (Å²) in [6.45, 7) is 7.67. The van der Waals surface area contributed by atoms with E-state index >= 15 is 0 Å². The predicted molar refractivity (Wildman–Crippen MR) is 56.9 cm³/mol. The van der Waals surface area contributed by atoms with Crippen molar-refractivity contribution in [1.82, 2.24) is 15.5 Å². The van der Waals surface area contributed by atoms with Crippen molar-refractivity contribution in [3.05, 3.63) is 17.5 Å². The van der Waals surface area contributed by atoms with E-state index in [1.54, 1.807) is 0 Å². The van der Waals surface area contributed by atoms with Crippen molar-refractivity contribution in [1.29, 1.82) is 0 Å². The Labute approximate surface area is 85.3 Å². The minimum Gasteiger partial charge on any atom is -0.310 e. The summed E-state index contributed by atoms with van der Waals surface area (Å²) >= 11 is 0. The molecule has 14 heavy (non-hydrogen) atoms. The maximum absolute atomic E-state index is 4.01. The molecule has 3 unspecified atom stereocenters. The van der Waals surface area contributed by atoms with Crippen LogP contribution >= 0.6 is 0 Å². The summed E-state index contributed by atoms with van der Waals surface area (Å²) in [5.41, 5.74) is 2.47. The van der Waals surface area contributed by atoms with E-state index in [-0.39, 0.29) is 0 Å². The van der Waals surface area contributed by atoms with Gasteiger partial charge in [0, 0.05) is 23.8 Å².